The molecule has 26 heavy (non-hydrogen) atoms. The van der Waals surface area contributed by atoms with E-state index in [0.29, 0.717) is 22.7 Å². The van der Waals surface area contributed by atoms with Gasteiger partial charge in [-0.3, -0.25) is 9.59 Å². The summed E-state index contributed by atoms with van der Waals surface area (Å²) in [7, 11) is 0. The van der Waals surface area contributed by atoms with Crippen molar-refractivity contribution in [1.29, 1.82) is 0 Å². The first-order valence-corrected chi connectivity index (χ1v) is 8.04. The van der Waals surface area contributed by atoms with Crippen LogP contribution in [-0.2, 0) is 4.79 Å². The molecule has 0 saturated heterocycles. The second kappa shape index (κ2) is 8.48. The van der Waals surface area contributed by atoms with Crippen molar-refractivity contribution < 1.29 is 19.1 Å². The molecule has 0 aliphatic heterocycles. The molecule has 1 N–H and O–H groups in total. The Hall–Kier alpha value is -3.60. The largest absolute Gasteiger partial charge is 0.484 e. The lowest BCUT2D eigenvalue weighted by atomic mass is 10.2. The number of para-hydroxylation sites is 1. The van der Waals surface area contributed by atoms with E-state index in [-0.39, 0.29) is 12.5 Å². The monoisotopic (exact) mass is 347 g/mol. The van der Waals surface area contributed by atoms with Crippen molar-refractivity contribution in [3.05, 3.63) is 84.4 Å². The lowest BCUT2D eigenvalue weighted by Crippen LogP contribution is -2.20. The van der Waals surface area contributed by atoms with Gasteiger partial charge >= 0.3 is 0 Å². The molecule has 0 aliphatic rings. The van der Waals surface area contributed by atoms with Gasteiger partial charge < -0.3 is 14.8 Å². The van der Waals surface area contributed by atoms with Crippen LogP contribution in [0.3, 0.4) is 0 Å². The van der Waals surface area contributed by atoms with Gasteiger partial charge in [-0.2, -0.15) is 0 Å². The fourth-order valence-corrected chi connectivity index (χ4v) is 2.29. The number of ether oxygens (including phenoxy) is 2. The van der Waals surface area contributed by atoms with E-state index in [0.717, 1.165) is 12.0 Å². The van der Waals surface area contributed by atoms with Crippen molar-refractivity contribution in [2.75, 3.05) is 11.9 Å². The Balaban J connectivity index is 1.57. The minimum atomic E-state index is -0.307. The van der Waals surface area contributed by atoms with Crippen LogP contribution in [0.5, 0.6) is 17.2 Å². The average molecular weight is 347 g/mol. The van der Waals surface area contributed by atoms with Crippen molar-refractivity contribution in [1.82, 2.24) is 0 Å². The molecule has 3 aromatic carbocycles. The lowest BCUT2D eigenvalue weighted by molar-refractivity contribution is -0.118. The Bertz CT molecular complexity index is 893. The Morgan fingerprint density at radius 1 is 0.846 bits per heavy atom. The van der Waals surface area contributed by atoms with Gasteiger partial charge in [0, 0.05) is 17.3 Å². The lowest BCUT2D eigenvalue weighted by Gasteiger charge is -2.10. The fraction of sp³-hybridized carbons (Fsp3) is 0.0476. The number of nitrogens with one attached hydrogen (secondary N) is 1. The van der Waals surface area contributed by atoms with Crippen molar-refractivity contribution in [3.8, 4) is 17.2 Å². The molecule has 0 spiro atoms. The maximum atomic E-state index is 12.1. The molecular weight excluding hydrogens is 330 g/mol. The number of hydrogen-bond donors (Lipinski definition) is 1. The van der Waals surface area contributed by atoms with Gasteiger partial charge in [-0.1, -0.05) is 36.4 Å². The molecule has 0 aliphatic carbocycles. The van der Waals surface area contributed by atoms with Gasteiger partial charge in [-0.25, -0.2) is 0 Å². The first-order chi connectivity index (χ1) is 12.7. The summed E-state index contributed by atoms with van der Waals surface area (Å²) in [5.41, 5.74) is 1.10. The fourth-order valence-electron chi connectivity index (χ4n) is 2.29. The Labute approximate surface area is 151 Å². The van der Waals surface area contributed by atoms with Crippen molar-refractivity contribution in [2.45, 2.75) is 0 Å². The molecule has 0 radical (unpaired) electrons. The predicted octanol–water partition coefficient (Wildman–Crippen LogP) is 4.31. The van der Waals surface area contributed by atoms with Crippen LogP contribution in [0.4, 0.5) is 5.69 Å². The summed E-state index contributed by atoms with van der Waals surface area (Å²) >= 11 is 0. The number of benzene rings is 3. The average Bonchev–Trinajstić information content (AvgIpc) is 2.68. The summed E-state index contributed by atoms with van der Waals surface area (Å²) < 4.78 is 11.1. The van der Waals surface area contributed by atoms with Crippen LogP contribution in [0.2, 0.25) is 0 Å². The molecule has 0 heterocycles. The predicted molar refractivity (Wildman–Crippen MR) is 98.9 cm³/mol. The van der Waals surface area contributed by atoms with Crippen LogP contribution in [0.15, 0.2) is 78.9 Å². The maximum absolute atomic E-state index is 12.1. The number of carbonyl (C=O) groups is 2. The second-order valence-corrected chi connectivity index (χ2v) is 5.47. The quantitative estimate of drug-likeness (QED) is 0.647. The normalized spacial score (nSPS) is 10.0. The standard InChI is InChI=1S/C21H17NO4/c23-14-16-6-4-10-19(12-16)25-15-21(24)22-17-7-5-11-20(13-17)26-18-8-2-1-3-9-18/h1-14H,15H2,(H,22,24). The SMILES string of the molecule is O=Cc1cccc(OCC(=O)Nc2cccc(Oc3ccccc3)c2)c1. The molecule has 3 rings (SSSR count). The van der Waals surface area contributed by atoms with Gasteiger partial charge in [-0.05, 0) is 36.4 Å². The molecule has 0 unspecified atom stereocenters. The van der Waals surface area contributed by atoms with E-state index >= 15 is 0 Å². The van der Waals surface area contributed by atoms with Crippen molar-refractivity contribution >= 4 is 17.9 Å². The highest BCUT2D eigenvalue weighted by Gasteiger charge is 2.06. The molecule has 0 bridgehead atoms. The molecule has 0 aromatic heterocycles. The third-order valence-corrected chi connectivity index (χ3v) is 3.46. The Morgan fingerprint density at radius 2 is 1.58 bits per heavy atom. The van der Waals surface area contributed by atoms with E-state index in [1.807, 2.05) is 36.4 Å². The van der Waals surface area contributed by atoms with Crippen LogP contribution in [-0.4, -0.2) is 18.8 Å². The third kappa shape index (κ3) is 4.95. The highest BCUT2D eigenvalue weighted by molar-refractivity contribution is 5.92. The van der Waals surface area contributed by atoms with E-state index in [1.54, 1.807) is 42.5 Å². The summed E-state index contributed by atoms with van der Waals surface area (Å²) in [5.74, 6) is 1.49. The minimum absolute atomic E-state index is 0.161. The van der Waals surface area contributed by atoms with Crippen LogP contribution in [0.25, 0.3) is 0 Å². The van der Waals surface area contributed by atoms with Crippen LogP contribution >= 0.6 is 0 Å². The maximum Gasteiger partial charge on any atom is 0.262 e. The number of aldehydes is 1. The summed E-state index contributed by atoms with van der Waals surface area (Å²) in [6, 6.07) is 23.1. The van der Waals surface area contributed by atoms with Gasteiger partial charge in [-0.15, -0.1) is 0 Å². The van der Waals surface area contributed by atoms with E-state index < -0.39 is 0 Å². The first kappa shape index (κ1) is 17.2. The highest BCUT2D eigenvalue weighted by atomic mass is 16.5. The van der Waals surface area contributed by atoms with Gasteiger partial charge in [0.15, 0.2) is 6.61 Å². The molecule has 3 aromatic rings. The van der Waals surface area contributed by atoms with E-state index in [1.165, 1.54) is 0 Å². The summed E-state index contributed by atoms with van der Waals surface area (Å²) in [6.07, 6.45) is 0.727. The molecule has 0 atom stereocenters. The Morgan fingerprint density at radius 3 is 2.38 bits per heavy atom. The Kier molecular flexibility index (Phi) is 5.62. The molecule has 5 heteroatoms. The zero-order valence-electron chi connectivity index (χ0n) is 13.9. The number of rotatable bonds is 7. The van der Waals surface area contributed by atoms with Gasteiger partial charge in [0.1, 0.15) is 23.5 Å². The molecule has 1 amide bonds. The summed E-state index contributed by atoms with van der Waals surface area (Å²) in [5, 5.41) is 2.75. The van der Waals surface area contributed by atoms with E-state index in [9.17, 15) is 9.59 Å². The second-order valence-electron chi connectivity index (χ2n) is 5.47. The van der Waals surface area contributed by atoms with Crippen LogP contribution < -0.4 is 14.8 Å². The first-order valence-electron chi connectivity index (χ1n) is 8.04. The van der Waals surface area contributed by atoms with E-state index in [4.69, 9.17) is 9.47 Å². The zero-order valence-corrected chi connectivity index (χ0v) is 13.9. The molecule has 0 saturated carbocycles. The van der Waals surface area contributed by atoms with Crippen molar-refractivity contribution in [2.24, 2.45) is 0 Å². The molecule has 0 fully saturated rings. The number of carbonyl (C=O) groups excluding carboxylic acids is 2. The van der Waals surface area contributed by atoms with Crippen molar-refractivity contribution in [3.63, 3.8) is 0 Å². The smallest absolute Gasteiger partial charge is 0.262 e. The number of hydrogen-bond acceptors (Lipinski definition) is 4. The molecule has 5 nitrogen and oxygen atoms in total. The van der Waals surface area contributed by atoms with Crippen LogP contribution in [0.1, 0.15) is 10.4 Å². The molecular formula is C21H17NO4. The summed E-state index contributed by atoms with van der Waals surface area (Å²) in [6.45, 7) is -0.161. The summed E-state index contributed by atoms with van der Waals surface area (Å²) in [4.78, 5) is 22.8. The van der Waals surface area contributed by atoms with Crippen LogP contribution in [0, 0.1) is 0 Å². The van der Waals surface area contributed by atoms with E-state index in [2.05, 4.69) is 5.32 Å². The molecule has 130 valence electrons. The highest BCUT2D eigenvalue weighted by Crippen LogP contribution is 2.23. The zero-order chi connectivity index (χ0) is 18.2. The van der Waals surface area contributed by atoms with Gasteiger partial charge in [0.05, 0.1) is 0 Å². The van der Waals surface area contributed by atoms with Gasteiger partial charge in [0.25, 0.3) is 5.91 Å². The number of anilines is 1. The minimum Gasteiger partial charge on any atom is -0.484 e. The third-order valence-electron chi connectivity index (χ3n) is 3.46. The number of amides is 1. The van der Waals surface area contributed by atoms with Gasteiger partial charge in [0.2, 0.25) is 0 Å². The topological polar surface area (TPSA) is 64.6 Å².